The SMILES string of the molecule is O=C(/C=C/c1nc2ccccc2c(=O)n1-c1cccc2ccccc12)c1ccc(-c2ccccc2)cc1. The molecule has 4 heteroatoms. The Balaban J connectivity index is 1.43. The average Bonchev–Trinajstić information content (AvgIpc) is 2.96. The Kier molecular flexibility index (Phi) is 5.75. The van der Waals surface area contributed by atoms with Crippen LogP contribution >= 0.6 is 0 Å². The zero-order chi connectivity index (χ0) is 25.2. The zero-order valence-corrected chi connectivity index (χ0v) is 19.9. The maximum atomic E-state index is 13.7. The van der Waals surface area contributed by atoms with Gasteiger partial charge in [0, 0.05) is 10.9 Å². The summed E-state index contributed by atoms with van der Waals surface area (Å²) in [5.41, 5.74) is 3.83. The number of carbonyl (C=O) groups excluding carboxylic acids is 1. The van der Waals surface area contributed by atoms with Crippen molar-refractivity contribution in [3.05, 3.63) is 149 Å². The average molecular weight is 479 g/mol. The summed E-state index contributed by atoms with van der Waals surface area (Å²) in [6, 6.07) is 38.6. The number of hydrogen-bond donors (Lipinski definition) is 0. The zero-order valence-electron chi connectivity index (χ0n) is 19.9. The van der Waals surface area contributed by atoms with E-state index in [2.05, 4.69) is 0 Å². The van der Waals surface area contributed by atoms with Crippen LogP contribution in [0.3, 0.4) is 0 Å². The fourth-order valence-corrected chi connectivity index (χ4v) is 4.60. The Hall–Kier alpha value is -5.09. The van der Waals surface area contributed by atoms with Gasteiger partial charge < -0.3 is 0 Å². The van der Waals surface area contributed by atoms with Crippen molar-refractivity contribution in [2.75, 3.05) is 0 Å². The van der Waals surface area contributed by atoms with Crippen LogP contribution < -0.4 is 5.56 Å². The Morgan fingerprint density at radius 2 is 1.30 bits per heavy atom. The van der Waals surface area contributed by atoms with E-state index in [1.807, 2.05) is 115 Å². The molecule has 0 fully saturated rings. The number of para-hydroxylation sites is 1. The van der Waals surface area contributed by atoms with Crippen LogP contribution in [-0.4, -0.2) is 15.3 Å². The Labute approximate surface area is 213 Å². The highest BCUT2D eigenvalue weighted by Gasteiger charge is 2.14. The molecule has 6 rings (SSSR count). The first-order valence-corrected chi connectivity index (χ1v) is 12.1. The van der Waals surface area contributed by atoms with Crippen molar-refractivity contribution in [3.8, 4) is 16.8 Å². The summed E-state index contributed by atoms with van der Waals surface area (Å²) in [5, 5.41) is 2.47. The second kappa shape index (κ2) is 9.51. The van der Waals surface area contributed by atoms with E-state index in [4.69, 9.17) is 4.98 Å². The lowest BCUT2D eigenvalue weighted by Crippen LogP contribution is -2.22. The summed E-state index contributed by atoms with van der Waals surface area (Å²) in [7, 11) is 0. The van der Waals surface area contributed by atoms with Crippen LogP contribution in [0.15, 0.2) is 132 Å². The molecule has 0 aliphatic carbocycles. The minimum Gasteiger partial charge on any atom is -0.289 e. The van der Waals surface area contributed by atoms with Crippen LogP contribution in [0.1, 0.15) is 16.2 Å². The molecule has 0 radical (unpaired) electrons. The Morgan fingerprint density at radius 3 is 2.11 bits per heavy atom. The van der Waals surface area contributed by atoms with Gasteiger partial charge in [0.2, 0.25) is 0 Å². The highest BCUT2D eigenvalue weighted by Crippen LogP contribution is 2.24. The highest BCUT2D eigenvalue weighted by atomic mass is 16.1. The van der Waals surface area contributed by atoms with E-state index in [1.165, 1.54) is 6.08 Å². The van der Waals surface area contributed by atoms with E-state index in [0.717, 1.165) is 27.6 Å². The van der Waals surface area contributed by atoms with Crippen molar-refractivity contribution in [2.45, 2.75) is 0 Å². The molecule has 1 heterocycles. The molecule has 0 amide bonds. The number of rotatable bonds is 5. The first-order chi connectivity index (χ1) is 18.2. The third-order valence-corrected chi connectivity index (χ3v) is 6.47. The molecule has 0 N–H and O–H groups in total. The van der Waals surface area contributed by atoms with Gasteiger partial charge in [0.25, 0.3) is 5.56 Å². The highest BCUT2D eigenvalue weighted by molar-refractivity contribution is 6.07. The minimum atomic E-state index is -0.179. The molecular weight excluding hydrogens is 456 g/mol. The molecule has 6 aromatic rings. The van der Waals surface area contributed by atoms with E-state index < -0.39 is 0 Å². The third kappa shape index (κ3) is 4.26. The lowest BCUT2D eigenvalue weighted by molar-refractivity contribution is 0.104. The molecule has 1 aromatic heterocycles. The number of fused-ring (bicyclic) bond motifs is 2. The van der Waals surface area contributed by atoms with Crippen molar-refractivity contribution in [1.29, 1.82) is 0 Å². The summed E-state index contributed by atoms with van der Waals surface area (Å²) in [6.07, 6.45) is 3.11. The predicted molar refractivity (Wildman–Crippen MR) is 150 cm³/mol. The molecule has 0 atom stereocenters. The fraction of sp³-hybridized carbons (Fsp3) is 0. The smallest absolute Gasteiger partial charge is 0.266 e. The number of nitrogens with zero attached hydrogens (tertiary/aromatic N) is 2. The first kappa shape index (κ1) is 22.4. The van der Waals surface area contributed by atoms with Crippen molar-refractivity contribution < 1.29 is 4.79 Å². The third-order valence-electron chi connectivity index (χ3n) is 6.47. The predicted octanol–water partition coefficient (Wildman–Crippen LogP) is 7.10. The van der Waals surface area contributed by atoms with Gasteiger partial charge in [-0.25, -0.2) is 4.98 Å². The van der Waals surface area contributed by atoms with Gasteiger partial charge in [-0.3, -0.25) is 14.2 Å². The summed E-state index contributed by atoms with van der Waals surface area (Å²) >= 11 is 0. The summed E-state index contributed by atoms with van der Waals surface area (Å²) in [5.74, 6) is 0.237. The fourth-order valence-electron chi connectivity index (χ4n) is 4.60. The Morgan fingerprint density at radius 1 is 0.649 bits per heavy atom. The lowest BCUT2D eigenvalue weighted by Gasteiger charge is -2.14. The maximum Gasteiger partial charge on any atom is 0.266 e. The van der Waals surface area contributed by atoms with Gasteiger partial charge in [-0.15, -0.1) is 0 Å². The van der Waals surface area contributed by atoms with E-state index in [0.29, 0.717) is 22.3 Å². The standard InChI is InChI=1S/C33H22N2O2/c36-31(26-19-17-24(18-20-26)23-9-2-1-3-10-23)21-22-32-34-29-15-7-6-14-28(29)33(37)35(32)30-16-8-12-25-11-4-5-13-27(25)30/h1-22H/b22-21+. The van der Waals surface area contributed by atoms with Crippen molar-refractivity contribution in [2.24, 2.45) is 0 Å². The second-order valence-corrected chi connectivity index (χ2v) is 8.77. The Bertz CT molecular complexity index is 1850. The number of benzene rings is 5. The molecular formula is C33H22N2O2. The van der Waals surface area contributed by atoms with Crippen LogP contribution in [0.2, 0.25) is 0 Å². The van der Waals surface area contributed by atoms with Gasteiger partial charge in [-0.05, 0) is 46.9 Å². The van der Waals surface area contributed by atoms with Gasteiger partial charge in [0.05, 0.1) is 16.6 Å². The summed E-state index contributed by atoms with van der Waals surface area (Å²) in [6.45, 7) is 0. The topological polar surface area (TPSA) is 52.0 Å². The number of ketones is 1. The van der Waals surface area contributed by atoms with Crippen LogP contribution in [0.4, 0.5) is 0 Å². The number of carbonyl (C=O) groups is 1. The largest absolute Gasteiger partial charge is 0.289 e. The van der Waals surface area contributed by atoms with Gasteiger partial charge in [-0.2, -0.15) is 0 Å². The molecule has 4 nitrogen and oxygen atoms in total. The van der Waals surface area contributed by atoms with Crippen LogP contribution in [0.25, 0.3) is 44.6 Å². The molecule has 37 heavy (non-hydrogen) atoms. The van der Waals surface area contributed by atoms with Crippen molar-refractivity contribution in [3.63, 3.8) is 0 Å². The molecule has 0 aliphatic rings. The number of hydrogen-bond acceptors (Lipinski definition) is 3. The van der Waals surface area contributed by atoms with Crippen molar-refractivity contribution in [1.82, 2.24) is 9.55 Å². The summed E-state index contributed by atoms with van der Waals surface area (Å²) in [4.78, 5) is 31.5. The van der Waals surface area contributed by atoms with E-state index in [1.54, 1.807) is 16.7 Å². The number of allylic oxidation sites excluding steroid dienone is 1. The van der Waals surface area contributed by atoms with Gasteiger partial charge in [0.15, 0.2) is 5.78 Å². The number of aromatic nitrogens is 2. The first-order valence-electron chi connectivity index (χ1n) is 12.1. The minimum absolute atomic E-state index is 0.161. The van der Waals surface area contributed by atoms with Gasteiger partial charge in [0.1, 0.15) is 5.82 Å². The molecule has 5 aromatic carbocycles. The monoisotopic (exact) mass is 478 g/mol. The van der Waals surface area contributed by atoms with Crippen molar-refractivity contribution >= 4 is 33.5 Å². The quantitative estimate of drug-likeness (QED) is 0.196. The second-order valence-electron chi connectivity index (χ2n) is 8.77. The van der Waals surface area contributed by atoms with E-state index in [-0.39, 0.29) is 11.3 Å². The molecule has 176 valence electrons. The molecule has 0 aliphatic heterocycles. The van der Waals surface area contributed by atoms with E-state index >= 15 is 0 Å². The summed E-state index contributed by atoms with van der Waals surface area (Å²) < 4.78 is 1.59. The molecule has 0 saturated carbocycles. The molecule has 0 spiro atoms. The van der Waals surface area contributed by atoms with Crippen LogP contribution in [-0.2, 0) is 0 Å². The van der Waals surface area contributed by atoms with Gasteiger partial charge >= 0.3 is 0 Å². The lowest BCUT2D eigenvalue weighted by atomic mass is 10.0. The maximum absolute atomic E-state index is 13.7. The van der Waals surface area contributed by atoms with Gasteiger partial charge in [-0.1, -0.05) is 103 Å². The molecule has 0 unspecified atom stereocenters. The normalized spacial score (nSPS) is 11.4. The van der Waals surface area contributed by atoms with Crippen LogP contribution in [0, 0.1) is 0 Å². The van der Waals surface area contributed by atoms with Crippen LogP contribution in [0.5, 0.6) is 0 Å². The molecule has 0 saturated heterocycles. The van der Waals surface area contributed by atoms with E-state index in [9.17, 15) is 9.59 Å². The molecule has 0 bridgehead atoms.